The monoisotopic (exact) mass is 437 g/mol. The predicted molar refractivity (Wildman–Crippen MR) is 118 cm³/mol. The van der Waals surface area contributed by atoms with E-state index in [1.165, 1.54) is 11.2 Å². The average Bonchev–Trinajstić information content (AvgIpc) is 2.75. The number of fused-ring (bicyclic) bond motifs is 1. The SMILES string of the molecule is Nc1ncnc2cc(CN3CCN(C(=O)C=C(O)c4cccc(Cl)c4)CC3=O)ccc12. The number of hydrogen-bond donors (Lipinski definition) is 2. The number of nitrogens with zero attached hydrogens (tertiary/aromatic N) is 4. The van der Waals surface area contributed by atoms with Gasteiger partial charge in [-0.05, 0) is 29.8 Å². The van der Waals surface area contributed by atoms with Crippen LogP contribution >= 0.6 is 11.6 Å². The lowest BCUT2D eigenvalue weighted by atomic mass is 10.1. The van der Waals surface area contributed by atoms with Gasteiger partial charge in [-0.2, -0.15) is 0 Å². The zero-order chi connectivity index (χ0) is 22.0. The van der Waals surface area contributed by atoms with E-state index in [0.29, 0.717) is 41.6 Å². The van der Waals surface area contributed by atoms with Crippen LogP contribution < -0.4 is 5.73 Å². The number of aliphatic hydroxyl groups is 1. The molecule has 0 aliphatic carbocycles. The number of anilines is 1. The maximum absolute atomic E-state index is 12.6. The van der Waals surface area contributed by atoms with E-state index in [-0.39, 0.29) is 18.2 Å². The summed E-state index contributed by atoms with van der Waals surface area (Å²) in [6.07, 6.45) is 2.52. The van der Waals surface area contributed by atoms with Crippen molar-refractivity contribution < 1.29 is 14.7 Å². The van der Waals surface area contributed by atoms with Crippen LogP contribution in [0.25, 0.3) is 16.7 Å². The minimum absolute atomic E-state index is 0.0547. The summed E-state index contributed by atoms with van der Waals surface area (Å²) in [6.45, 7) is 1.11. The van der Waals surface area contributed by atoms with Crippen molar-refractivity contribution in [2.45, 2.75) is 6.54 Å². The van der Waals surface area contributed by atoms with Crippen LogP contribution in [0.15, 0.2) is 54.9 Å². The van der Waals surface area contributed by atoms with Gasteiger partial charge in [0.25, 0.3) is 5.91 Å². The van der Waals surface area contributed by atoms with Gasteiger partial charge < -0.3 is 20.6 Å². The highest BCUT2D eigenvalue weighted by Crippen LogP contribution is 2.20. The molecule has 3 aromatic rings. The third kappa shape index (κ3) is 4.59. The summed E-state index contributed by atoms with van der Waals surface area (Å²) in [5.74, 6) is -0.380. The van der Waals surface area contributed by atoms with Gasteiger partial charge in [0.15, 0.2) is 0 Å². The molecular weight excluding hydrogens is 418 g/mol. The fourth-order valence-electron chi connectivity index (χ4n) is 3.45. The molecule has 31 heavy (non-hydrogen) atoms. The smallest absolute Gasteiger partial charge is 0.250 e. The van der Waals surface area contributed by atoms with Gasteiger partial charge in [0, 0.05) is 41.7 Å². The average molecular weight is 438 g/mol. The Balaban J connectivity index is 1.41. The number of nitrogen functional groups attached to an aromatic ring is 1. The van der Waals surface area contributed by atoms with E-state index in [1.54, 1.807) is 29.2 Å². The Kier molecular flexibility index (Phi) is 5.73. The molecule has 1 aliphatic heterocycles. The van der Waals surface area contributed by atoms with Crippen LogP contribution in [0.2, 0.25) is 5.02 Å². The Morgan fingerprint density at radius 2 is 2.03 bits per heavy atom. The third-order valence-corrected chi connectivity index (χ3v) is 5.35. The topological polar surface area (TPSA) is 113 Å². The number of piperazine rings is 1. The second-order valence-corrected chi connectivity index (χ2v) is 7.66. The number of rotatable bonds is 4. The standard InChI is InChI=1S/C22H20ClN5O3/c23-16-3-1-2-15(9-16)19(29)10-20(30)28-7-6-27(21(31)12-28)11-14-4-5-17-18(8-14)25-13-26-22(17)24/h1-5,8-10,13,29H,6-7,11-12H2,(H2,24,25,26). The molecule has 2 amide bonds. The molecule has 3 N–H and O–H groups in total. The molecule has 0 saturated carbocycles. The molecule has 2 heterocycles. The zero-order valence-electron chi connectivity index (χ0n) is 16.5. The van der Waals surface area contributed by atoms with Gasteiger partial charge in [0.1, 0.15) is 24.4 Å². The number of nitrogens with two attached hydrogens (primary N) is 1. The molecule has 1 saturated heterocycles. The number of aromatic nitrogens is 2. The van der Waals surface area contributed by atoms with Crippen molar-refractivity contribution in [3.8, 4) is 0 Å². The lowest BCUT2D eigenvalue weighted by Gasteiger charge is -2.34. The number of carbonyl (C=O) groups is 2. The summed E-state index contributed by atoms with van der Waals surface area (Å²) in [5.41, 5.74) is 7.92. The quantitative estimate of drug-likeness (QED) is 0.479. The largest absolute Gasteiger partial charge is 0.507 e. The molecule has 4 rings (SSSR count). The Morgan fingerprint density at radius 3 is 2.81 bits per heavy atom. The molecule has 1 aliphatic rings. The first-order valence-electron chi connectivity index (χ1n) is 9.63. The molecule has 0 atom stereocenters. The van der Waals surface area contributed by atoms with E-state index in [1.807, 2.05) is 18.2 Å². The van der Waals surface area contributed by atoms with Crippen molar-refractivity contribution in [3.05, 3.63) is 71.0 Å². The molecule has 0 bridgehead atoms. The van der Waals surface area contributed by atoms with Crippen molar-refractivity contribution in [2.24, 2.45) is 0 Å². The van der Waals surface area contributed by atoms with Crippen LogP contribution in [0, 0.1) is 0 Å². The zero-order valence-corrected chi connectivity index (χ0v) is 17.3. The lowest BCUT2D eigenvalue weighted by Crippen LogP contribution is -2.51. The van der Waals surface area contributed by atoms with Gasteiger partial charge in [0.05, 0.1) is 5.52 Å². The summed E-state index contributed by atoms with van der Waals surface area (Å²) < 4.78 is 0. The van der Waals surface area contributed by atoms with E-state index in [0.717, 1.165) is 17.0 Å². The summed E-state index contributed by atoms with van der Waals surface area (Å²) in [4.78, 5) is 36.4. The number of amides is 2. The van der Waals surface area contributed by atoms with E-state index < -0.39 is 5.91 Å². The molecule has 0 unspecified atom stereocenters. The van der Waals surface area contributed by atoms with Gasteiger partial charge in [-0.25, -0.2) is 9.97 Å². The first kappa shape index (κ1) is 20.6. The Morgan fingerprint density at radius 1 is 1.19 bits per heavy atom. The summed E-state index contributed by atoms with van der Waals surface area (Å²) in [5, 5.41) is 11.4. The van der Waals surface area contributed by atoms with Crippen LogP contribution in [-0.2, 0) is 16.1 Å². The second-order valence-electron chi connectivity index (χ2n) is 7.23. The minimum atomic E-state index is -0.427. The Hall–Kier alpha value is -3.65. The molecule has 1 fully saturated rings. The van der Waals surface area contributed by atoms with Crippen molar-refractivity contribution in [2.75, 3.05) is 25.4 Å². The molecule has 8 nitrogen and oxygen atoms in total. The van der Waals surface area contributed by atoms with Crippen molar-refractivity contribution in [1.29, 1.82) is 0 Å². The Bertz CT molecular complexity index is 1200. The normalized spacial score (nSPS) is 14.9. The highest BCUT2D eigenvalue weighted by Gasteiger charge is 2.26. The number of carbonyl (C=O) groups excluding carboxylic acids is 2. The Labute approximate surface area is 183 Å². The van der Waals surface area contributed by atoms with E-state index >= 15 is 0 Å². The number of hydrogen-bond acceptors (Lipinski definition) is 6. The fourth-order valence-corrected chi connectivity index (χ4v) is 3.64. The molecule has 1 aromatic heterocycles. The van der Waals surface area contributed by atoms with Crippen LogP contribution in [-0.4, -0.2) is 56.3 Å². The number of halogens is 1. The molecule has 2 aromatic carbocycles. The first-order chi connectivity index (χ1) is 14.9. The van der Waals surface area contributed by atoms with Gasteiger partial charge in [-0.15, -0.1) is 0 Å². The van der Waals surface area contributed by atoms with Gasteiger partial charge >= 0.3 is 0 Å². The van der Waals surface area contributed by atoms with E-state index in [4.69, 9.17) is 17.3 Å². The maximum atomic E-state index is 12.6. The van der Waals surface area contributed by atoms with Gasteiger partial charge in [0.2, 0.25) is 5.91 Å². The number of benzene rings is 2. The first-order valence-corrected chi connectivity index (χ1v) is 10.0. The summed E-state index contributed by atoms with van der Waals surface area (Å²) in [6, 6.07) is 12.2. The molecule has 0 radical (unpaired) electrons. The highest BCUT2D eigenvalue weighted by atomic mass is 35.5. The lowest BCUT2D eigenvalue weighted by molar-refractivity contribution is -0.143. The summed E-state index contributed by atoms with van der Waals surface area (Å²) in [7, 11) is 0. The molecule has 9 heteroatoms. The van der Waals surface area contributed by atoms with Gasteiger partial charge in [-0.1, -0.05) is 29.8 Å². The third-order valence-electron chi connectivity index (χ3n) is 5.12. The van der Waals surface area contributed by atoms with Crippen molar-refractivity contribution >= 4 is 45.9 Å². The second kappa shape index (κ2) is 8.61. The van der Waals surface area contributed by atoms with Crippen molar-refractivity contribution in [3.63, 3.8) is 0 Å². The van der Waals surface area contributed by atoms with Crippen molar-refractivity contribution in [1.82, 2.24) is 19.8 Å². The van der Waals surface area contributed by atoms with Gasteiger partial charge in [-0.3, -0.25) is 9.59 Å². The highest BCUT2D eigenvalue weighted by molar-refractivity contribution is 6.30. The van der Waals surface area contributed by atoms with Crippen LogP contribution in [0.4, 0.5) is 5.82 Å². The molecular formula is C22H20ClN5O3. The fraction of sp³-hybridized carbons (Fsp3) is 0.182. The summed E-state index contributed by atoms with van der Waals surface area (Å²) >= 11 is 5.92. The predicted octanol–water partition coefficient (Wildman–Crippen LogP) is 2.64. The maximum Gasteiger partial charge on any atom is 0.250 e. The minimum Gasteiger partial charge on any atom is -0.507 e. The van der Waals surface area contributed by atoms with Crippen LogP contribution in [0.5, 0.6) is 0 Å². The molecule has 0 spiro atoms. The van der Waals surface area contributed by atoms with Crippen LogP contribution in [0.1, 0.15) is 11.1 Å². The molecule has 158 valence electrons. The number of aliphatic hydroxyl groups excluding tert-OH is 1. The van der Waals surface area contributed by atoms with Crippen LogP contribution in [0.3, 0.4) is 0 Å². The van der Waals surface area contributed by atoms with E-state index in [9.17, 15) is 14.7 Å². The van der Waals surface area contributed by atoms with E-state index in [2.05, 4.69) is 9.97 Å².